The van der Waals surface area contributed by atoms with Crippen molar-refractivity contribution in [3.63, 3.8) is 0 Å². The van der Waals surface area contributed by atoms with Gasteiger partial charge in [-0.25, -0.2) is 0 Å². The summed E-state index contributed by atoms with van der Waals surface area (Å²) >= 11 is 9.43. The Morgan fingerprint density at radius 1 is 1.23 bits per heavy atom. The van der Waals surface area contributed by atoms with Crippen LogP contribution in [0.4, 0.5) is 0 Å². The van der Waals surface area contributed by atoms with Crippen LogP contribution in [0.15, 0.2) is 53.1 Å². The number of methoxy groups -OCH3 is 1. The second-order valence-corrected chi connectivity index (χ2v) is 7.91. The van der Waals surface area contributed by atoms with Gasteiger partial charge in [0.2, 0.25) is 0 Å². The second-order valence-electron chi connectivity index (χ2n) is 6.62. The monoisotopic (exact) mass is 488 g/mol. The molecule has 1 aromatic heterocycles. The lowest BCUT2D eigenvalue weighted by Gasteiger charge is -2.12. The molecule has 156 valence electrons. The molecule has 0 spiro atoms. The van der Waals surface area contributed by atoms with E-state index < -0.39 is 0 Å². The van der Waals surface area contributed by atoms with Crippen LogP contribution >= 0.6 is 27.5 Å². The largest absolute Gasteiger partial charge is 0.496 e. The average molecular weight is 490 g/mol. The van der Waals surface area contributed by atoms with Crippen LogP contribution in [0.25, 0.3) is 6.08 Å². The number of hydrogen-bond acceptors (Lipinski definition) is 4. The predicted molar refractivity (Wildman–Crippen MR) is 122 cm³/mol. The van der Waals surface area contributed by atoms with E-state index in [1.54, 1.807) is 48.3 Å². The average Bonchev–Trinajstić information content (AvgIpc) is 3.12. The first-order valence-electron chi connectivity index (χ1n) is 9.42. The van der Waals surface area contributed by atoms with Crippen molar-refractivity contribution in [2.75, 3.05) is 7.11 Å². The van der Waals surface area contributed by atoms with Gasteiger partial charge < -0.3 is 9.47 Å². The molecule has 0 unspecified atom stereocenters. The third kappa shape index (κ3) is 5.32. The maximum absolute atomic E-state index is 12.5. The molecule has 0 atom stereocenters. The van der Waals surface area contributed by atoms with E-state index in [9.17, 15) is 4.79 Å². The Labute approximate surface area is 189 Å². The lowest BCUT2D eigenvalue weighted by Crippen LogP contribution is -2.00. The normalized spacial score (nSPS) is 11.1. The molecule has 5 nitrogen and oxygen atoms in total. The molecule has 0 fully saturated rings. The van der Waals surface area contributed by atoms with Gasteiger partial charge in [-0.2, -0.15) is 5.10 Å². The van der Waals surface area contributed by atoms with Gasteiger partial charge in [-0.1, -0.05) is 23.7 Å². The Balaban J connectivity index is 1.77. The zero-order valence-corrected chi connectivity index (χ0v) is 19.3. The number of hydrogen-bond donors (Lipinski definition) is 0. The summed E-state index contributed by atoms with van der Waals surface area (Å²) in [5, 5.41) is 4.95. The fourth-order valence-electron chi connectivity index (χ4n) is 2.95. The third-order valence-corrected chi connectivity index (χ3v) is 5.40. The molecule has 30 heavy (non-hydrogen) atoms. The summed E-state index contributed by atoms with van der Waals surface area (Å²) < 4.78 is 13.9. The molecule has 0 aliphatic rings. The summed E-state index contributed by atoms with van der Waals surface area (Å²) in [6.45, 7) is 4.86. The van der Waals surface area contributed by atoms with Crippen LogP contribution in [0.5, 0.6) is 11.5 Å². The van der Waals surface area contributed by atoms with Gasteiger partial charge in [-0.05, 0) is 71.7 Å². The van der Waals surface area contributed by atoms with Gasteiger partial charge in [0.05, 0.1) is 22.8 Å². The van der Waals surface area contributed by atoms with Gasteiger partial charge in [0.1, 0.15) is 18.1 Å². The molecule has 0 saturated heterocycles. The maximum atomic E-state index is 12.5. The van der Waals surface area contributed by atoms with Crippen molar-refractivity contribution in [2.45, 2.75) is 27.0 Å². The van der Waals surface area contributed by atoms with Crippen molar-refractivity contribution < 1.29 is 14.3 Å². The molecule has 0 amide bonds. The fourth-order valence-corrected chi connectivity index (χ4v) is 3.74. The summed E-state index contributed by atoms with van der Waals surface area (Å²) in [6, 6.07) is 11.1. The van der Waals surface area contributed by atoms with E-state index in [-0.39, 0.29) is 5.78 Å². The van der Waals surface area contributed by atoms with Crippen LogP contribution in [0, 0.1) is 6.92 Å². The molecule has 0 aliphatic heterocycles. The van der Waals surface area contributed by atoms with Gasteiger partial charge in [-0.3, -0.25) is 9.48 Å². The number of aromatic nitrogens is 2. The molecule has 2 aromatic carbocycles. The van der Waals surface area contributed by atoms with Crippen LogP contribution in [-0.2, 0) is 13.2 Å². The topological polar surface area (TPSA) is 53.4 Å². The van der Waals surface area contributed by atoms with E-state index in [4.69, 9.17) is 21.1 Å². The summed E-state index contributed by atoms with van der Waals surface area (Å²) in [7, 11) is 1.62. The Morgan fingerprint density at radius 3 is 2.67 bits per heavy atom. The minimum atomic E-state index is -0.0779. The van der Waals surface area contributed by atoms with Crippen molar-refractivity contribution in [1.29, 1.82) is 0 Å². The molecule has 0 N–H and O–H groups in total. The molecular weight excluding hydrogens is 468 g/mol. The molecular formula is C23H22BrClN2O3. The highest BCUT2D eigenvalue weighted by molar-refractivity contribution is 9.10. The number of rotatable bonds is 8. The van der Waals surface area contributed by atoms with Crippen molar-refractivity contribution in [3.8, 4) is 11.5 Å². The van der Waals surface area contributed by atoms with Crippen molar-refractivity contribution >= 4 is 39.4 Å². The lowest BCUT2D eigenvalue weighted by atomic mass is 10.1. The smallest absolute Gasteiger partial charge is 0.189 e. The first-order chi connectivity index (χ1) is 14.4. The first-order valence-corrected chi connectivity index (χ1v) is 10.6. The number of benzene rings is 2. The van der Waals surface area contributed by atoms with Crippen LogP contribution in [0.1, 0.15) is 34.1 Å². The predicted octanol–water partition coefficient (Wildman–Crippen LogP) is 6.11. The molecule has 0 saturated carbocycles. The summed E-state index contributed by atoms with van der Waals surface area (Å²) in [5.74, 6) is 1.32. The molecule has 0 aliphatic carbocycles. The third-order valence-electron chi connectivity index (χ3n) is 4.54. The zero-order valence-electron chi connectivity index (χ0n) is 17.0. The number of nitrogens with zero attached hydrogens (tertiary/aromatic N) is 2. The standard InChI is InChI=1S/C23H22BrClN2O3/c1-4-27-13-19(15(2)26-27)21(28)8-5-16-6-9-22(29-3)17(11-16)14-30-23-10-7-18(25)12-20(23)24/h5-13H,4,14H2,1-3H3/b8-5+. The summed E-state index contributed by atoms with van der Waals surface area (Å²) in [6.07, 6.45) is 5.12. The Kier molecular flexibility index (Phi) is 7.34. The minimum absolute atomic E-state index is 0.0779. The molecule has 0 bridgehead atoms. The quantitative estimate of drug-likeness (QED) is 0.283. The van der Waals surface area contributed by atoms with Gasteiger partial charge in [0, 0.05) is 23.3 Å². The SMILES string of the molecule is CCn1cc(C(=O)/C=C/c2ccc(OC)c(COc3ccc(Cl)cc3Br)c2)c(C)n1. The van der Waals surface area contributed by atoms with Crippen molar-refractivity contribution in [3.05, 3.63) is 80.6 Å². The van der Waals surface area contributed by atoms with Gasteiger partial charge >= 0.3 is 0 Å². The van der Waals surface area contributed by atoms with Crippen molar-refractivity contribution in [2.24, 2.45) is 0 Å². The van der Waals surface area contributed by atoms with Crippen LogP contribution in [-0.4, -0.2) is 22.7 Å². The molecule has 0 radical (unpaired) electrons. The fraction of sp³-hybridized carbons (Fsp3) is 0.217. The highest BCUT2D eigenvalue weighted by Gasteiger charge is 2.11. The zero-order chi connectivity index (χ0) is 21.7. The number of allylic oxidation sites excluding steroid dienone is 1. The summed E-state index contributed by atoms with van der Waals surface area (Å²) in [4.78, 5) is 12.5. The number of carbonyl (C=O) groups excluding carboxylic acids is 1. The van der Waals surface area contributed by atoms with E-state index in [0.717, 1.165) is 27.8 Å². The van der Waals surface area contributed by atoms with E-state index in [2.05, 4.69) is 21.0 Å². The van der Waals surface area contributed by atoms with Crippen molar-refractivity contribution in [1.82, 2.24) is 9.78 Å². The van der Waals surface area contributed by atoms with Crippen LogP contribution < -0.4 is 9.47 Å². The molecule has 3 rings (SSSR count). The van der Waals surface area contributed by atoms with E-state index in [1.807, 2.05) is 32.0 Å². The maximum Gasteiger partial charge on any atom is 0.189 e. The van der Waals surface area contributed by atoms with Gasteiger partial charge in [0.15, 0.2) is 5.78 Å². The number of carbonyl (C=O) groups is 1. The van der Waals surface area contributed by atoms with Crippen LogP contribution in [0.2, 0.25) is 5.02 Å². The Hall–Kier alpha value is -2.57. The second kappa shape index (κ2) is 9.96. The molecule has 1 heterocycles. The Morgan fingerprint density at radius 2 is 2.00 bits per heavy atom. The van der Waals surface area contributed by atoms with Gasteiger partial charge in [-0.15, -0.1) is 0 Å². The Bertz CT molecular complexity index is 1090. The van der Waals surface area contributed by atoms with Crippen LogP contribution in [0.3, 0.4) is 0 Å². The first kappa shape index (κ1) is 22.1. The number of ether oxygens (including phenoxy) is 2. The minimum Gasteiger partial charge on any atom is -0.496 e. The number of halogens is 2. The number of aryl methyl sites for hydroxylation is 2. The lowest BCUT2D eigenvalue weighted by molar-refractivity contribution is 0.104. The van der Waals surface area contributed by atoms with E-state index >= 15 is 0 Å². The highest BCUT2D eigenvalue weighted by atomic mass is 79.9. The molecule has 3 aromatic rings. The summed E-state index contributed by atoms with van der Waals surface area (Å²) in [5.41, 5.74) is 3.07. The number of ketones is 1. The van der Waals surface area contributed by atoms with E-state index in [1.165, 1.54) is 0 Å². The highest BCUT2D eigenvalue weighted by Crippen LogP contribution is 2.30. The molecule has 7 heteroatoms. The van der Waals surface area contributed by atoms with Gasteiger partial charge in [0.25, 0.3) is 0 Å². The van der Waals surface area contributed by atoms with E-state index in [0.29, 0.717) is 28.7 Å².